The minimum atomic E-state index is -4.23. The number of nitrogens with zero attached hydrogens (tertiary/aromatic N) is 5. The molecule has 2 aromatic heterocycles. The monoisotopic (exact) mass is 530 g/mol. The molecule has 38 heavy (non-hydrogen) atoms. The Bertz CT molecular complexity index is 1210. The summed E-state index contributed by atoms with van der Waals surface area (Å²) in [6.07, 6.45) is 1.45. The molecule has 1 atom stereocenters. The van der Waals surface area contributed by atoms with Crippen molar-refractivity contribution >= 4 is 17.0 Å². The summed E-state index contributed by atoms with van der Waals surface area (Å²) in [5.41, 5.74) is 4.04. The number of fused-ring (bicyclic) bond motifs is 1. The lowest BCUT2D eigenvalue weighted by molar-refractivity contribution is -0.131. The van der Waals surface area contributed by atoms with Crippen molar-refractivity contribution < 1.29 is 18.3 Å². The average molecular weight is 531 g/mol. The molecule has 1 saturated carbocycles. The number of anilines is 1. The molecular formula is C28H37F3N6O. The van der Waals surface area contributed by atoms with Gasteiger partial charge in [-0.2, -0.15) is 18.2 Å². The molecule has 5 rings (SSSR count). The zero-order chi connectivity index (χ0) is 26.9. The van der Waals surface area contributed by atoms with Crippen molar-refractivity contribution in [2.45, 2.75) is 63.4 Å². The van der Waals surface area contributed by atoms with E-state index < -0.39 is 12.6 Å². The number of rotatable bonds is 7. The van der Waals surface area contributed by atoms with Gasteiger partial charge in [-0.3, -0.25) is 4.90 Å². The van der Waals surface area contributed by atoms with Crippen molar-refractivity contribution in [1.29, 1.82) is 0 Å². The Morgan fingerprint density at radius 1 is 1.05 bits per heavy atom. The second-order valence-corrected chi connectivity index (χ2v) is 10.8. The van der Waals surface area contributed by atoms with E-state index in [1.807, 2.05) is 0 Å². The Kier molecular flexibility index (Phi) is 7.93. The summed E-state index contributed by atoms with van der Waals surface area (Å²) < 4.78 is 40.0. The first kappa shape index (κ1) is 26.9. The van der Waals surface area contributed by atoms with Gasteiger partial charge in [0.1, 0.15) is 5.65 Å². The first-order chi connectivity index (χ1) is 18.2. The fraction of sp³-hybridized carbons (Fsp3) is 0.571. The van der Waals surface area contributed by atoms with Crippen molar-refractivity contribution in [3.63, 3.8) is 0 Å². The van der Waals surface area contributed by atoms with Crippen LogP contribution < -0.4 is 5.32 Å². The van der Waals surface area contributed by atoms with Gasteiger partial charge in [-0.15, -0.1) is 0 Å². The summed E-state index contributed by atoms with van der Waals surface area (Å²) in [6, 6.07) is 9.16. The number of nitrogens with one attached hydrogen (secondary N) is 1. The van der Waals surface area contributed by atoms with Crippen LogP contribution in [0.3, 0.4) is 0 Å². The van der Waals surface area contributed by atoms with Crippen LogP contribution in [-0.4, -0.2) is 81.5 Å². The summed E-state index contributed by atoms with van der Waals surface area (Å²) in [4.78, 5) is 13.9. The second kappa shape index (κ2) is 11.2. The van der Waals surface area contributed by atoms with E-state index in [0.29, 0.717) is 11.7 Å². The maximum absolute atomic E-state index is 12.6. The predicted molar refractivity (Wildman–Crippen MR) is 143 cm³/mol. The number of alkyl halides is 3. The number of hydrogen-bond acceptors (Lipinski definition) is 6. The molecule has 1 aromatic carbocycles. The molecule has 2 fully saturated rings. The summed E-state index contributed by atoms with van der Waals surface area (Å²) >= 11 is 0. The highest BCUT2D eigenvalue weighted by atomic mass is 19.4. The third-order valence-electron chi connectivity index (χ3n) is 8.11. The van der Waals surface area contributed by atoms with Crippen LogP contribution in [0.2, 0.25) is 0 Å². The van der Waals surface area contributed by atoms with E-state index in [1.165, 1.54) is 5.56 Å². The Morgan fingerprint density at radius 2 is 1.74 bits per heavy atom. The second-order valence-electron chi connectivity index (χ2n) is 10.8. The maximum Gasteiger partial charge on any atom is 0.390 e. The van der Waals surface area contributed by atoms with Gasteiger partial charge in [0.15, 0.2) is 0 Å². The molecule has 3 aromatic rings. The van der Waals surface area contributed by atoms with Gasteiger partial charge >= 0.3 is 6.18 Å². The van der Waals surface area contributed by atoms with E-state index in [-0.39, 0.29) is 24.6 Å². The average Bonchev–Trinajstić information content (AvgIpc) is 3.27. The lowest BCUT2D eigenvalue weighted by atomic mass is 9.93. The van der Waals surface area contributed by atoms with Gasteiger partial charge < -0.3 is 19.9 Å². The number of aliphatic hydroxyl groups is 1. The van der Waals surface area contributed by atoms with E-state index in [0.717, 1.165) is 68.4 Å². The van der Waals surface area contributed by atoms with E-state index in [2.05, 4.69) is 74.1 Å². The van der Waals surface area contributed by atoms with Crippen LogP contribution >= 0.6 is 0 Å². The number of piperazine rings is 1. The lowest BCUT2D eigenvalue weighted by Gasteiger charge is -2.36. The molecule has 0 amide bonds. The molecule has 0 bridgehead atoms. The maximum atomic E-state index is 12.6. The molecule has 0 unspecified atom stereocenters. The van der Waals surface area contributed by atoms with E-state index in [1.54, 1.807) is 6.20 Å². The normalized spacial score (nSPS) is 22.6. The lowest BCUT2D eigenvalue weighted by Crippen LogP contribution is -2.45. The number of hydrogen-bond donors (Lipinski definition) is 2. The Balaban J connectivity index is 1.42. The highest BCUT2D eigenvalue weighted by molar-refractivity contribution is 5.94. The van der Waals surface area contributed by atoms with Crippen LogP contribution in [0.5, 0.6) is 0 Å². The highest BCUT2D eigenvalue weighted by Gasteiger charge is 2.27. The number of benzene rings is 1. The first-order valence-electron chi connectivity index (χ1n) is 13.6. The first-order valence-corrected chi connectivity index (χ1v) is 13.6. The molecule has 7 nitrogen and oxygen atoms in total. The molecule has 0 spiro atoms. The van der Waals surface area contributed by atoms with E-state index >= 15 is 0 Å². The fourth-order valence-corrected chi connectivity index (χ4v) is 5.64. The minimum Gasteiger partial charge on any atom is -0.393 e. The standard InChI is InChI=1S/C28H37F3N6O/c1-19(36-15-13-35(2)14-16-36)20-3-5-21(6-4-20)25-18-37(22-7-9-23(38)10-8-22)26-24(25)17-33-27(34-26)32-12-11-28(29,30)31/h3-6,17-19,22-23,38H,7-16H2,1-2H3,(H,32,33,34)/t19-,22?,23?/m1/s1. The molecule has 2 aliphatic rings. The van der Waals surface area contributed by atoms with Crippen molar-refractivity contribution in [3.05, 3.63) is 42.2 Å². The van der Waals surface area contributed by atoms with Crippen LogP contribution in [0.15, 0.2) is 36.7 Å². The van der Waals surface area contributed by atoms with Gasteiger partial charge in [-0.05, 0) is 50.8 Å². The summed E-state index contributed by atoms with van der Waals surface area (Å²) in [5.74, 6) is 0.194. The molecule has 10 heteroatoms. The Hall–Kier alpha value is -2.69. The summed E-state index contributed by atoms with van der Waals surface area (Å²) in [5, 5.41) is 13.6. The van der Waals surface area contributed by atoms with Crippen LogP contribution in [0.4, 0.5) is 19.1 Å². The third-order valence-corrected chi connectivity index (χ3v) is 8.11. The smallest absolute Gasteiger partial charge is 0.390 e. The molecule has 206 valence electrons. The zero-order valence-corrected chi connectivity index (χ0v) is 22.1. The van der Waals surface area contributed by atoms with Crippen molar-refractivity contribution in [2.24, 2.45) is 0 Å². The molecule has 1 aliphatic heterocycles. The van der Waals surface area contributed by atoms with Crippen LogP contribution in [-0.2, 0) is 0 Å². The fourth-order valence-electron chi connectivity index (χ4n) is 5.64. The number of aromatic nitrogens is 3. The van der Waals surface area contributed by atoms with Gasteiger partial charge in [0.05, 0.1) is 12.5 Å². The van der Waals surface area contributed by atoms with Crippen LogP contribution in [0, 0.1) is 0 Å². The van der Waals surface area contributed by atoms with Crippen molar-refractivity contribution in [2.75, 3.05) is 45.1 Å². The van der Waals surface area contributed by atoms with Gasteiger partial charge in [0.25, 0.3) is 0 Å². The number of aliphatic hydroxyl groups excluding tert-OH is 1. The topological polar surface area (TPSA) is 69.4 Å². The Labute approximate surface area is 221 Å². The number of likely N-dealkylation sites (N-methyl/N-ethyl adjacent to an activating group) is 1. The summed E-state index contributed by atoms with van der Waals surface area (Å²) in [6.45, 7) is 6.25. The number of halogens is 3. The largest absolute Gasteiger partial charge is 0.393 e. The van der Waals surface area contributed by atoms with E-state index in [4.69, 9.17) is 0 Å². The minimum absolute atomic E-state index is 0.170. The molecule has 2 N–H and O–H groups in total. The highest BCUT2D eigenvalue weighted by Crippen LogP contribution is 2.37. The van der Waals surface area contributed by atoms with Crippen molar-refractivity contribution in [3.8, 4) is 11.1 Å². The SMILES string of the molecule is C[C@H](c1ccc(-c2cn(C3CCC(O)CC3)c3nc(NCCC(F)(F)F)ncc23)cc1)N1CCN(C)CC1. The van der Waals surface area contributed by atoms with Crippen LogP contribution in [0.25, 0.3) is 22.2 Å². The molecule has 1 saturated heterocycles. The zero-order valence-electron chi connectivity index (χ0n) is 22.1. The van der Waals surface area contributed by atoms with Crippen LogP contribution in [0.1, 0.15) is 56.7 Å². The molecule has 3 heterocycles. The van der Waals surface area contributed by atoms with Gasteiger partial charge in [0.2, 0.25) is 5.95 Å². The van der Waals surface area contributed by atoms with Gasteiger partial charge in [-0.25, -0.2) is 4.98 Å². The molecule has 0 radical (unpaired) electrons. The molecular weight excluding hydrogens is 493 g/mol. The van der Waals surface area contributed by atoms with Gasteiger partial charge in [0, 0.05) is 68.2 Å². The quantitative estimate of drug-likeness (QED) is 0.435. The van der Waals surface area contributed by atoms with Crippen molar-refractivity contribution in [1.82, 2.24) is 24.3 Å². The summed E-state index contributed by atoms with van der Waals surface area (Å²) in [7, 11) is 2.16. The van der Waals surface area contributed by atoms with E-state index in [9.17, 15) is 18.3 Å². The molecule has 1 aliphatic carbocycles. The Morgan fingerprint density at radius 3 is 2.39 bits per heavy atom. The predicted octanol–water partition coefficient (Wildman–Crippen LogP) is 5.25. The third kappa shape index (κ3) is 6.13. The van der Waals surface area contributed by atoms with Gasteiger partial charge in [-0.1, -0.05) is 24.3 Å².